The van der Waals surface area contributed by atoms with Gasteiger partial charge in [0.2, 0.25) is 5.91 Å². The lowest BCUT2D eigenvalue weighted by Gasteiger charge is -2.35. The molecule has 1 fully saturated rings. The third-order valence-corrected chi connectivity index (χ3v) is 4.58. The zero-order valence-corrected chi connectivity index (χ0v) is 15.1. The quantitative estimate of drug-likeness (QED) is 0.826. The Morgan fingerprint density at radius 1 is 1.32 bits per heavy atom. The number of nitrogens with two attached hydrogens (primary N) is 1. The zero-order chi connectivity index (χ0) is 18.2. The van der Waals surface area contributed by atoms with Gasteiger partial charge in [-0.2, -0.15) is 0 Å². The summed E-state index contributed by atoms with van der Waals surface area (Å²) in [6.45, 7) is 6.05. The molecule has 0 unspecified atom stereocenters. The molecule has 3 N–H and O–H groups in total. The van der Waals surface area contributed by atoms with Crippen LogP contribution in [0.2, 0.25) is 0 Å². The number of piperidine rings is 1. The second-order valence-electron chi connectivity index (χ2n) is 7.00. The van der Waals surface area contributed by atoms with Crippen molar-refractivity contribution in [3.05, 3.63) is 35.9 Å². The minimum absolute atomic E-state index is 0.00588. The van der Waals surface area contributed by atoms with Gasteiger partial charge in [0.1, 0.15) is 6.61 Å². The molecule has 1 saturated heterocycles. The Bertz CT molecular complexity index is 562. The fourth-order valence-corrected chi connectivity index (χ4v) is 2.93. The average molecular weight is 347 g/mol. The number of benzene rings is 1. The molecule has 25 heavy (non-hydrogen) atoms. The Balaban J connectivity index is 1.73. The fourth-order valence-electron chi connectivity index (χ4n) is 2.93. The first-order valence-corrected chi connectivity index (χ1v) is 8.96. The lowest BCUT2D eigenvalue weighted by Crippen LogP contribution is -2.51. The van der Waals surface area contributed by atoms with Crippen molar-refractivity contribution in [3.8, 4) is 0 Å². The molecule has 0 radical (unpaired) electrons. The molecule has 1 aromatic carbocycles. The molecule has 1 aromatic rings. The van der Waals surface area contributed by atoms with Crippen LogP contribution < -0.4 is 11.1 Å². The van der Waals surface area contributed by atoms with Gasteiger partial charge in [-0.15, -0.1) is 0 Å². The summed E-state index contributed by atoms with van der Waals surface area (Å²) in [6.07, 6.45) is 1.49. The number of alkyl carbamates (subject to hydrolysis) is 1. The number of carbonyl (C=O) groups excluding carboxylic acids is 2. The Labute approximate surface area is 149 Å². The standard InChI is InChI=1S/C19H29N3O3/c1-14(2)17(20)18(23)22-10-6-9-16(12-22)11-21-19(24)25-13-15-7-4-3-5-8-15/h3-5,7-8,14,16-17H,6,9-13,20H2,1-2H3,(H,21,24)/t16-,17+/m1/s1. The lowest BCUT2D eigenvalue weighted by atomic mass is 9.96. The van der Waals surface area contributed by atoms with Crippen molar-refractivity contribution >= 4 is 12.0 Å². The summed E-state index contributed by atoms with van der Waals surface area (Å²) in [5.41, 5.74) is 6.93. The van der Waals surface area contributed by atoms with E-state index in [-0.39, 0.29) is 24.3 Å². The van der Waals surface area contributed by atoms with Crippen LogP contribution in [0.25, 0.3) is 0 Å². The van der Waals surface area contributed by atoms with Gasteiger partial charge in [-0.05, 0) is 30.2 Å². The van der Waals surface area contributed by atoms with Crippen molar-refractivity contribution in [3.63, 3.8) is 0 Å². The molecule has 0 aromatic heterocycles. The third kappa shape index (κ3) is 6.05. The lowest BCUT2D eigenvalue weighted by molar-refractivity contribution is -0.135. The maximum Gasteiger partial charge on any atom is 0.407 e. The molecule has 0 aliphatic carbocycles. The van der Waals surface area contributed by atoms with E-state index in [0.29, 0.717) is 13.1 Å². The molecule has 1 heterocycles. The Morgan fingerprint density at radius 2 is 2.04 bits per heavy atom. The zero-order valence-electron chi connectivity index (χ0n) is 15.1. The maximum atomic E-state index is 12.4. The highest BCUT2D eigenvalue weighted by Crippen LogP contribution is 2.17. The predicted octanol–water partition coefficient (Wildman–Crippen LogP) is 2.13. The van der Waals surface area contributed by atoms with Crippen molar-refractivity contribution in [2.45, 2.75) is 39.3 Å². The van der Waals surface area contributed by atoms with E-state index in [9.17, 15) is 9.59 Å². The summed E-state index contributed by atoms with van der Waals surface area (Å²) in [5, 5.41) is 2.80. The number of likely N-dealkylation sites (tertiary alicyclic amines) is 1. The molecule has 138 valence electrons. The number of carbonyl (C=O) groups is 2. The van der Waals surface area contributed by atoms with Crippen molar-refractivity contribution in [2.75, 3.05) is 19.6 Å². The topological polar surface area (TPSA) is 84.7 Å². The molecule has 0 spiro atoms. The van der Waals surface area contributed by atoms with Crippen molar-refractivity contribution in [1.82, 2.24) is 10.2 Å². The van der Waals surface area contributed by atoms with Crippen molar-refractivity contribution < 1.29 is 14.3 Å². The number of nitrogens with one attached hydrogen (secondary N) is 1. The van der Waals surface area contributed by atoms with Gasteiger partial charge in [-0.1, -0.05) is 44.2 Å². The van der Waals surface area contributed by atoms with Gasteiger partial charge >= 0.3 is 6.09 Å². The number of amides is 2. The molecule has 2 amide bonds. The molecule has 6 heteroatoms. The summed E-state index contributed by atoms with van der Waals surface area (Å²) in [6, 6.07) is 9.11. The predicted molar refractivity (Wildman–Crippen MR) is 96.7 cm³/mol. The highest BCUT2D eigenvalue weighted by Gasteiger charge is 2.28. The summed E-state index contributed by atoms with van der Waals surface area (Å²) in [4.78, 5) is 26.0. The van der Waals surface area contributed by atoms with Gasteiger partial charge in [0.15, 0.2) is 0 Å². The average Bonchev–Trinajstić information content (AvgIpc) is 2.64. The van der Waals surface area contributed by atoms with E-state index >= 15 is 0 Å². The van der Waals surface area contributed by atoms with Crippen LogP contribution in [0.3, 0.4) is 0 Å². The molecular formula is C19H29N3O3. The van der Waals surface area contributed by atoms with Crippen LogP contribution in [0.4, 0.5) is 4.79 Å². The molecule has 2 rings (SSSR count). The largest absolute Gasteiger partial charge is 0.445 e. The van der Waals surface area contributed by atoms with Crippen molar-refractivity contribution in [1.29, 1.82) is 0 Å². The second-order valence-corrected chi connectivity index (χ2v) is 7.00. The third-order valence-electron chi connectivity index (χ3n) is 4.58. The van der Waals surface area contributed by atoms with E-state index in [2.05, 4.69) is 5.32 Å². The van der Waals surface area contributed by atoms with Crippen LogP contribution in [0.5, 0.6) is 0 Å². The van der Waals surface area contributed by atoms with Crippen LogP contribution in [0, 0.1) is 11.8 Å². The monoisotopic (exact) mass is 347 g/mol. The van der Waals surface area contributed by atoms with Crippen LogP contribution in [-0.4, -0.2) is 42.6 Å². The van der Waals surface area contributed by atoms with Gasteiger partial charge in [0, 0.05) is 19.6 Å². The summed E-state index contributed by atoms with van der Waals surface area (Å²) < 4.78 is 5.21. The highest BCUT2D eigenvalue weighted by atomic mass is 16.5. The maximum absolute atomic E-state index is 12.4. The van der Waals surface area contributed by atoms with E-state index in [1.807, 2.05) is 49.1 Å². The van der Waals surface area contributed by atoms with Crippen LogP contribution in [-0.2, 0) is 16.1 Å². The van der Waals surface area contributed by atoms with Gasteiger partial charge in [0.05, 0.1) is 6.04 Å². The number of ether oxygens (including phenoxy) is 1. The Hall–Kier alpha value is -2.08. The molecule has 2 atom stereocenters. The fraction of sp³-hybridized carbons (Fsp3) is 0.579. The molecule has 0 saturated carbocycles. The first kappa shape index (κ1) is 19.2. The van der Waals surface area contributed by atoms with Crippen LogP contribution >= 0.6 is 0 Å². The van der Waals surface area contributed by atoms with Crippen LogP contribution in [0.1, 0.15) is 32.3 Å². The number of hydrogen-bond donors (Lipinski definition) is 2. The summed E-state index contributed by atoms with van der Waals surface area (Å²) >= 11 is 0. The number of rotatable bonds is 6. The first-order chi connectivity index (χ1) is 12.0. The van der Waals surface area contributed by atoms with E-state index in [0.717, 1.165) is 24.9 Å². The summed E-state index contributed by atoms with van der Waals surface area (Å²) in [5.74, 6) is 0.367. The molecule has 6 nitrogen and oxygen atoms in total. The molecule has 1 aliphatic heterocycles. The first-order valence-electron chi connectivity index (χ1n) is 8.96. The number of nitrogens with zero attached hydrogens (tertiary/aromatic N) is 1. The van der Waals surface area contributed by atoms with Gasteiger partial charge in [-0.3, -0.25) is 4.79 Å². The van der Waals surface area contributed by atoms with E-state index < -0.39 is 12.1 Å². The van der Waals surface area contributed by atoms with Gasteiger partial charge in [-0.25, -0.2) is 4.79 Å². The number of hydrogen-bond acceptors (Lipinski definition) is 4. The van der Waals surface area contributed by atoms with E-state index in [4.69, 9.17) is 10.5 Å². The molecule has 0 bridgehead atoms. The molecular weight excluding hydrogens is 318 g/mol. The van der Waals surface area contributed by atoms with Gasteiger partial charge in [0.25, 0.3) is 0 Å². The highest BCUT2D eigenvalue weighted by molar-refractivity contribution is 5.82. The smallest absolute Gasteiger partial charge is 0.407 e. The van der Waals surface area contributed by atoms with Gasteiger partial charge < -0.3 is 20.7 Å². The Morgan fingerprint density at radius 3 is 2.72 bits per heavy atom. The van der Waals surface area contributed by atoms with E-state index in [1.165, 1.54) is 0 Å². The summed E-state index contributed by atoms with van der Waals surface area (Å²) in [7, 11) is 0. The Kier molecular flexibility index (Phi) is 7.25. The molecule has 1 aliphatic rings. The SMILES string of the molecule is CC(C)[C@H](N)C(=O)N1CCC[C@H](CNC(=O)OCc2ccccc2)C1. The second kappa shape index (κ2) is 9.42. The minimum Gasteiger partial charge on any atom is -0.445 e. The van der Waals surface area contributed by atoms with Crippen molar-refractivity contribution in [2.24, 2.45) is 17.6 Å². The normalized spacial score (nSPS) is 18.7. The van der Waals surface area contributed by atoms with E-state index in [1.54, 1.807) is 0 Å². The van der Waals surface area contributed by atoms with Crippen LogP contribution in [0.15, 0.2) is 30.3 Å². The minimum atomic E-state index is -0.456.